The van der Waals surface area contributed by atoms with Crippen LogP contribution in [-0.2, 0) is 54.6 Å². The minimum absolute atomic E-state index is 0.0908. The smallest absolute Gasteiger partial charge is 0.342 e. The van der Waals surface area contributed by atoms with Crippen LogP contribution in [-0.4, -0.2) is 91.9 Å². The van der Waals surface area contributed by atoms with Crippen LogP contribution < -0.4 is 14.2 Å². The maximum Gasteiger partial charge on any atom is 0.342 e. The van der Waals surface area contributed by atoms with E-state index in [1.807, 2.05) is 33.8 Å². The molecule has 2 aliphatic rings. The van der Waals surface area contributed by atoms with Gasteiger partial charge in [-0.3, -0.25) is 9.59 Å². The second kappa shape index (κ2) is 24.1. The molecule has 2 heterocycles. The summed E-state index contributed by atoms with van der Waals surface area (Å²) in [5, 5.41) is 18.9. The van der Waals surface area contributed by atoms with Crippen molar-refractivity contribution in [2.75, 3.05) is 41.7 Å². The van der Waals surface area contributed by atoms with Crippen molar-refractivity contribution in [3.8, 4) is 23.0 Å². The molecule has 0 atom stereocenters. The number of aliphatic hydroxyl groups excluding tert-OH is 1. The molecule has 0 aromatic heterocycles. The SMILES string of the molecule is COC(=O)CC/C(C)=C/Cc1c(O)c2c(c(C)c1OC)COC2=O.COC(=O)CC/C(C)=C/Cc1c(OC)c(C)c2c(c1OCC[Si](C)(C)C)C(=O)OC2.C[Si](C)(C)CCO. The third-order valence-electron chi connectivity index (χ3n) is 10.4. The highest BCUT2D eigenvalue weighted by Gasteiger charge is 2.34. The summed E-state index contributed by atoms with van der Waals surface area (Å²) >= 11 is 0. The van der Waals surface area contributed by atoms with Crippen LogP contribution in [0.15, 0.2) is 23.3 Å². The average Bonchev–Trinajstić information content (AvgIpc) is 3.79. The Balaban J connectivity index is 0.000000369. The highest BCUT2D eigenvalue weighted by atomic mass is 28.3. The standard InChI is InChI=1S/C23H34O6Si.C18H22O6.C5H14OSi/c1-15(9-11-19(24)26-3)8-10-17-21(27-4)16(2)18-14-29-23(25)20(18)22(17)28-12-13-30(5,6)7;1-10(6-8-14(19)22-3)5-7-12-16(20)15-13(9-24-18(15)21)11(2)17(12)23-4;1-7(2,3)5-4-6/h8H,9-14H2,1-7H3;5,20H,6-9H2,1-4H3;6H,4-5H2,1-3H3/b15-8+;10-5+;. The molecule has 0 bridgehead atoms. The summed E-state index contributed by atoms with van der Waals surface area (Å²) in [7, 11) is 3.71. The Morgan fingerprint density at radius 3 is 1.49 bits per heavy atom. The van der Waals surface area contributed by atoms with Gasteiger partial charge < -0.3 is 43.4 Å². The number of rotatable bonds is 18. The summed E-state index contributed by atoms with van der Waals surface area (Å²) in [6.07, 6.45) is 6.73. The Morgan fingerprint density at radius 2 is 1.08 bits per heavy atom. The molecular formula is C46H70O13Si2. The zero-order chi connectivity index (χ0) is 46.2. The molecule has 0 radical (unpaired) electrons. The maximum absolute atomic E-state index is 12.5. The number of cyclic esters (lactones) is 2. The molecule has 0 unspecified atom stereocenters. The Morgan fingerprint density at radius 1 is 0.656 bits per heavy atom. The van der Waals surface area contributed by atoms with Crippen LogP contribution in [0.4, 0.5) is 0 Å². The predicted molar refractivity (Wildman–Crippen MR) is 242 cm³/mol. The van der Waals surface area contributed by atoms with Gasteiger partial charge in [0.1, 0.15) is 47.3 Å². The van der Waals surface area contributed by atoms with E-state index in [1.54, 1.807) is 7.11 Å². The zero-order valence-electron chi connectivity index (χ0n) is 39.0. The van der Waals surface area contributed by atoms with Crippen molar-refractivity contribution >= 4 is 40.0 Å². The second-order valence-electron chi connectivity index (χ2n) is 17.7. The Bertz CT molecular complexity index is 1930. The Kier molecular flexibility index (Phi) is 20.8. The van der Waals surface area contributed by atoms with Gasteiger partial charge in [0, 0.05) is 57.9 Å². The van der Waals surface area contributed by atoms with Crippen LogP contribution in [0.5, 0.6) is 23.0 Å². The van der Waals surface area contributed by atoms with Crippen molar-refractivity contribution in [3.05, 3.63) is 67.8 Å². The van der Waals surface area contributed by atoms with Gasteiger partial charge in [0.2, 0.25) is 0 Å². The van der Waals surface area contributed by atoms with Crippen LogP contribution in [0.25, 0.3) is 0 Å². The number of phenols is 1. The fourth-order valence-electron chi connectivity index (χ4n) is 6.55. The van der Waals surface area contributed by atoms with Crippen molar-refractivity contribution in [2.24, 2.45) is 0 Å². The number of benzene rings is 2. The van der Waals surface area contributed by atoms with Crippen LogP contribution in [0.3, 0.4) is 0 Å². The number of ether oxygens (including phenoxy) is 7. The molecule has 0 aliphatic carbocycles. The van der Waals surface area contributed by atoms with E-state index < -0.39 is 22.1 Å². The lowest BCUT2D eigenvalue weighted by atomic mass is 9.94. The number of aromatic hydroxyl groups is 1. The molecule has 2 N–H and O–H groups in total. The van der Waals surface area contributed by atoms with E-state index >= 15 is 0 Å². The monoisotopic (exact) mass is 886 g/mol. The molecule has 4 rings (SSSR count). The molecule has 0 saturated carbocycles. The number of methoxy groups -OCH3 is 4. The van der Waals surface area contributed by atoms with Gasteiger partial charge in [-0.15, -0.1) is 0 Å². The van der Waals surface area contributed by atoms with E-state index in [1.165, 1.54) is 21.3 Å². The molecule has 2 aromatic rings. The van der Waals surface area contributed by atoms with Crippen LogP contribution in [0, 0.1) is 13.8 Å². The number of phenolic OH excluding ortho intramolecular Hbond substituents is 1. The van der Waals surface area contributed by atoms with Crippen molar-refractivity contribution in [2.45, 2.75) is 131 Å². The molecule has 2 aliphatic heterocycles. The van der Waals surface area contributed by atoms with Crippen molar-refractivity contribution < 1.29 is 62.5 Å². The highest BCUT2D eigenvalue weighted by Crippen LogP contribution is 2.44. The normalized spacial score (nSPS) is 13.4. The number of carbonyl (C=O) groups is 4. The van der Waals surface area contributed by atoms with E-state index in [2.05, 4.69) is 50.1 Å². The minimum Gasteiger partial charge on any atom is -0.507 e. The lowest BCUT2D eigenvalue weighted by Gasteiger charge is -2.21. The maximum atomic E-state index is 12.5. The quantitative estimate of drug-likeness (QED) is 0.0629. The predicted octanol–water partition coefficient (Wildman–Crippen LogP) is 8.97. The number of allylic oxidation sites excluding steroid dienone is 4. The van der Waals surface area contributed by atoms with Crippen LogP contribution in [0.1, 0.15) is 93.6 Å². The first-order chi connectivity index (χ1) is 28.5. The molecule has 2 aromatic carbocycles. The summed E-state index contributed by atoms with van der Waals surface area (Å²) in [4.78, 5) is 47.0. The zero-order valence-corrected chi connectivity index (χ0v) is 41.0. The number of esters is 4. The molecule has 0 amide bonds. The van der Waals surface area contributed by atoms with Gasteiger partial charge in [0.15, 0.2) is 0 Å². The third-order valence-corrected chi connectivity index (χ3v) is 13.9. The number of hydrogen-bond acceptors (Lipinski definition) is 13. The van der Waals surface area contributed by atoms with Crippen LogP contribution in [0.2, 0.25) is 51.4 Å². The molecule has 15 heteroatoms. The molecule has 61 heavy (non-hydrogen) atoms. The lowest BCUT2D eigenvalue weighted by Crippen LogP contribution is -2.23. The summed E-state index contributed by atoms with van der Waals surface area (Å²) < 4.78 is 37.1. The first-order valence-corrected chi connectivity index (χ1v) is 28.1. The summed E-state index contributed by atoms with van der Waals surface area (Å²) in [5.74, 6) is 0.421. The number of fused-ring (bicyclic) bond motifs is 2. The first-order valence-electron chi connectivity index (χ1n) is 20.7. The van der Waals surface area contributed by atoms with Gasteiger partial charge in [-0.1, -0.05) is 62.6 Å². The van der Waals surface area contributed by atoms with E-state index in [0.29, 0.717) is 79.9 Å². The number of hydrogen-bond donors (Lipinski definition) is 2. The molecule has 0 saturated heterocycles. The molecule has 0 fully saturated rings. The average molecular weight is 887 g/mol. The van der Waals surface area contributed by atoms with Gasteiger partial charge in [0.05, 0.1) is 35.0 Å². The molecule has 340 valence electrons. The van der Waals surface area contributed by atoms with Crippen molar-refractivity contribution in [1.29, 1.82) is 0 Å². The minimum atomic E-state index is -1.29. The Labute approximate surface area is 364 Å². The van der Waals surface area contributed by atoms with E-state index in [0.717, 1.165) is 51.2 Å². The van der Waals surface area contributed by atoms with E-state index in [-0.39, 0.29) is 42.4 Å². The van der Waals surface area contributed by atoms with E-state index in [4.69, 9.17) is 33.5 Å². The summed E-state index contributed by atoms with van der Waals surface area (Å²) in [6, 6.07) is 2.02. The fraction of sp³-hybridized carbons (Fsp3) is 0.565. The Hall–Kier alpha value is -4.61. The molecular weight excluding hydrogens is 817 g/mol. The number of carbonyl (C=O) groups excluding carboxylic acids is 4. The molecule has 13 nitrogen and oxygen atoms in total. The lowest BCUT2D eigenvalue weighted by molar-refractivity contribution is -0.141. The van der Waals surface area contributed by atoms with Gasteiger partial charge in [-0.2, -0.15) is 0 Å². The largest absolute Gasteiger partial charge is 0.507 e. The van der Waals surface area contributed by atoms with Crippen molar-refractivity contribution in [1.82, 2.24) is 0 Å². The van der Waals surface area contributed by atoms with Crippen LogP contribution >= 0.6 is 0 Å². The topological polar surface area (TPSA) is 173 Å². The molecule has 0 spiro atoms. The van der Waals surface area contributed by atoms with E-state index in [9.17, 15) is 24.3 Å². The van der Waals surface area contributed by atoms with Gasteiger partial charge in [-0.25, -0.2) is 9.59 Å². The highest BCUT2D eigenvalue weighted by molar-refractivity contribution is 6.76. The fourth-order valence-corrected chi connectivity index (χ4v) is 7.94. The first kappa shape index (κ1) is 52.5. The summed E-state index contributed by atoms with van der Waals surface area (Å²) in [5.41, 5.74) is 7.42. The third kappa shape index (κ3) is 15.7. The van der Waals surface area contributed by atoms with Crippen molar-refractivity contribution in [3.63, 3.8) is 0 Å². The van der Waals surface area contributed by atoms with Gasteiger partial charge >= 0.3 is 23.9 Å². The summed E-state index contributed by atoms with van der Waals surface area (Å²) in [6.45, 7) is 22.6. The number of aliphatic hydroxyl groups is 1. The second-order valence-corrected chi connectivity index (χ2v) is 28.9. The van der Waals surface area contributed by atoms with Gasteiger partial charge in [0.25, 0.3) is 0 Å². The van der Waals surface area contributed by atoms with Gasteiger partial charge in [-0.05, 0) is 76.6 Å².